The molecule has 9 nitrogen and oxygen atoms in total. The maximum atomic E-state index is 14.7. The first-order chi connectivity index (χ1) is 19.4. The Balaban J connectivity index is 1.20. The van der Waals surface area contributed by atoms with Crippen molar-refractivity contribution in [2.75, 3.05) is 38.0 Å². The van der Waals surface area contributed by atoms with Crippen molar-refractivity contribution < 1.29 is 18.2 Å². The molecule has 1 aromatic heterocycles. The first-order valence-electron chi connectivity index (χ1n) is 14.0. The molecule has 0 spiro atoms. The Bertz CT molecular complexity index is 1380. The summed E-state index contributed by atoms with van der Waals surface area (Å²) in [5.74, 6) is 0.447. The smallest absolute Gasteiger partial charge is 0.227 e. The van der Waals surface area contributed by atoms with Gasteiger partial charge in [0.05, 0.1) is 10.4 Å². The fraction of sp³-hybridized carbons (Fsp3) is 0.483. The van der Waals surface area contributed by atoms with Gasteiger partial charge in [0, 0.05) is 50.6 Å². The van der Waals surface area contributed by atoms with Crippen molar-refractivity contribution in [2.45, 2.75) is 55.9 Å². The number of carbonyl (C=O) groups is 2. The highest BCUT2D eigenvalue weighted by molar-refractivity contribution is 7.82. The lowest BCUT2D eigenvalue weighted by Crippen LogP contribution is -2.33. The molecule has 0 aliphatic carbocycles. The van der Waals surface area contributed by atoms with E-state index >= 15 is 0 Å². The molecule has 214 valence electrons. The summed E-state index contributed by atoms with van der Waals surface area (Å²) in [6.45, 7) is 4.14. The SMILES string of the molecule is Cn1nc(NC(=O)CCNC=O)c2ccc(C3CCN(Cc4cc(S(=O)N5CCCCC5)ccc4F)CC3)cc21. The monoisotopic (exact) mass is 568 g/mol. The van der Waals surface area contributed by atoms with Gasteiger partial charge in [0.25, 0.3) is 0 Å². The minimum atomic E-state index is -1.24. The molecule has 2 N–H and O–H groups in total. The van der Waals surface area contributed by atoms with Crippen LogP contribution < -0.4 is 10.6 Å². The normalized spacial score (nSPS) is 18.1. The maximum absolute atomic E-state index is 14.7. The topological polar surface area (TPSA) is 99.6 Å². The molecule has 2 fully saturated rings. The van der Waals surface area contributed by atoms with Crippen LogP contribution in [0.3, 0.4) is 0 Å². The molecule has 3 aromatic rings. The molecule has 1 atom stereocenters. The molecule has 40 heavy (non-hydrogen) atoms. The van der Waals surface area contributed by atoms with Gasteiger partial charge in [-0.15, -0.1) is 0 Å². The molecular weight excluding hydrogens is 531 g/mol. The van der Waals surface area contributed by atoms with Crippen molar-refractivity contribution in [3.63, 3.8) is 0 Å². The molecule has 0 bridgehead atoms. The molecule has 5 rings (SSSR count). The summed E-state index contributed by atoms with van der Waals surface area (Å²) in [4.78, 5) is 25.6. The van der Waals surface area contributed by atoms with Crippen molar-refractivity contribution in [2.24, 2.45) is 7.05 Å². The summed E-state index contributed by atoms with van der Waals surface area (Å²) < 4.78 is 31.5. The van der Waals surface area contributed by atoms with Crippen LogP contribution in [0.5, 0.6) is 0 Å². The van der Waals surface area contributed by atoms with Crippen LogP contribution in [0.2, 0.25) is 0 Å². The summed E-state index contributed by atoms with van der Waals surface area (Å²) in [5.41, 5.74) is 2.78. The van der Waals surface area contributed by atoms with Crippen LogP contribution in [0, 0.1) is 5.82 Å². The molecule has 2 aliphatic heterocycles. The number of amides is 2. The van der Waals surface area contributed by atoms with Gasteiger partial charge in [0.15, 0.2) is 5.82 Å². The van der Waals surface area contributed by atoms with Crippen molar-refractivity contribution in [1.29, 1.82) is 0 Å². The number of anilines is 1. The van der Waals surface area contributed by atoms with Crippen molar-refractivity contribution in [3.05, 3.63) is 53.3 Å². The highest BCUT2D eigenvalue weighted by Gasteiger charge is 2.24. The molecular formula is C29H37FN6O3S. The van der Waals surface area contributed by atoms with Gasteiger partial charge in [-0.25, -0.2) is 12.9 Å². The lowest BCUT2D eigenvalue weighted by atomic mass is 9.89. The average Bonchev–Trinajstić information content (AvgIpc) is 3.28. The molecule has 2 aromatic carbocycles. The van der Waals surface area contributed by atoms with Crippen molar-refractivity contribution in [3.8, 4) is 0 Å². The second-order valence-corrected chi connectivity index (χ2v) is 12.1. The third kappa shape index (κ3) is 6.59. The van der Waals surface area contributed by atoms with E-state index in [2.05, 4.69) is 32.8 Å². The fourth-order valence-electron chi connectivity index (χ4n) is 5.69. The number of hydrogen-bond acceptors (Lipinski definition) is 5. The second kappa shape index (κ2) is 13.0. The Labute approximate surface area is 236 Å². The van der Waals surface area contributed by atoms with Crippen LogP contribution in [0.15, 0.2) is 41.3 Å². The van der Waals surface area contributed by atoms with Gasteiger partial charge in [0.1, 0.15) is 16.8 Å². The number of carbonyl (C=O) groups excluding carboxylic acids is 2. The van der Waals surface area contributed by atoms with Crippen molar-refractivity contribution in [1.82, 2.24) is 24.3 Å². The third-order valence-corrected chi connectivity index (χ3v) is 9.43. The fourth-order valence-corrected chi connectivity index (χ4v) is 7.00. The number of piperidine rings is 2. The van der Waals surface area contributed by atoms with Crippen LogP contribution in [0.4, 0.5) is 10.2 Å². The molecule has 11 heteroatoms. The minimum Gasteiger partial charge on any atom is -0.358 e. The lowest BCUT2D eigenvalue weighted by molar-refractivity contribution is -0.116. The van der Waals surface area contributed by atoms with E-state index in [0.29, 0.717) is 35.1 Å². The Morgan fingerprint density at radius 2 is 1.88 bits per heavy atom. The third-order valence-electron chi connectivity index (χ3n) is 7.93. The number of likely N-dealkylation sites (tertiary alicyclic amines) is 1. The molecule has 2 saturated heterocycles. The van der Waals surface area contributed by atoms with Gasteiger partial charge in [-0.3, -0.25) is 19.2 Å². The van der Waals surface area contributed by atoms with E-state index in [1.54, 1.807) is 16.8 Å². The van der Waals surface area contributed by atoms with Gasteiger partial charge in [-0.05, 0) is 80.6 Å². The summed E-state index contributed by atoms with van der Waals surface area (Å²) in [6.07, 6.45) is 5.96. The predicted octanol–water partition coefficient (Wildman–Crippen LogP) is 3.68. The number of rotatable bonds is 10. The van der Waals surface area contributed by atoms with E-state index in [9.17, 15) is 18.2 Å². The highest BCUT2D eigenvalue weighted by atomic mass is 32.2. The summed E-state index contributed by atoms with van der Waals surface area (Å²) >= 11 is 0. The summed E-state index contributed by atoms with van der Waals surface area (Å²) in [7, 11) is 0.620. The van der Waals surface area contributed by atoms with Crippen LogP contribution >= 0.6 is 0 Å². The molecule has 0 radical (unpaired) electrons. The Morgan fingerprint density at radius 1 is 1.10 bits per heavy atom. The Morgan fingerprint density at radius 3 is 2.62 bits per heavy atom. The first-order valence-corrected chi connectivity index (χ1v) is 15.1. The predicted molar refractivity (Wildman–Crippen MR) is 154 cm³/mol. The van der Waals surface area contributed by atoms with E-state index in [1.807, 2.05) is 17.4 Å². The summed E-state index contributed by atoms with van der Waals surface area (Å²) in [5, 5.41) is 10.7. The zero-order valence-corrected chi connectivity index (χ0v) is 23.7. The largest absolute Gasteiger partial charge is 0.358 e. The zero-order chi connectivity index (χ0) is 28.1. The van der Waals surface area contributed by atoms with E-state index in [0.717, 1.165) is 62.8 Å². The highest BCUT2D eigenvalue weighted by Crippen LogP contribution is 2.33. The second-order valence-electron chi connectivity index (χ2n) is 10.7. The molecule has 2 amide bonds. The van der Waals surface area contributed by atoms with Gasteiger partial charge in [-0.2, -0.15) is 5.10 Å². The minimum absolute atomic E-state index is 0.179. The van der Waals surface area contributed by atoms with Crippen LogP contribution in [-0.2, 0) is 34.2 Å². The standard InChI is InChI=1S/C29H37FN6O3S/c1-34-27-18-22(5-7-25(27)29(33-34)32-28(38)9-12-31-20-37)21-10-15-35(16-11-21)19-23-17-24(6-8-26(23)30)40(39)36-13-3-2-4-14-36/h5-8,17-18,20-21H,2-4,9-16,19H2,1H3,(H,31,37)(H,32,33,38). The lowest BCUT2D eigenvalue weighted by Gasteiger charge is -2.32. The van der Waals surface area contributed by atoms with Gasteiger partial charge >= 0.3 is 0 Å². The number of aryl methyl sites for hydroxylation is 1. The zero-order valence-electron chi connectivity index (χ0n) is 22.9. The average molecular weight is 569 g/mol. The summed E-state index contributed by atoms with van der Waals surface area (Å²) in [6, 6.07) is 11.2. The number of nitrogens with one attached hydrogen (secondary N) is 2. The van der Waals surface area contributed by atoms with E-state index in [-0.39, 0.29) is 24.7 Å². The number of hydrogen-bond donors (Lipinski definition) is 2. The number of benzene rings is 2. The Hall–Kier alpha value is -3.15. The number of halogens is 1. The Kier molecular flexibility index (Phi) is 9.23. The molecule has 2 aliphatic rings. The van der Waals surface area contributed by atoms with E-state index < -0.39 is 11.0 Å². The van der Waals surface area contributed by atoms with E-state index in [4.69, 9.17) is 0 Å². The van der Waals surface area contributed by atoms with Crippen molar-refractivity contribution >= 4 is 40.0 Å². The van der Waals surface area contributed by atoms with Crippen LogP contribution in [-0.4, -0.2) is 68.2 Å². The maximum Gasteiger partial charge on any atom is 0.227 e. The van der Waals surface area contributed by atoms with Gasteiger partial charge in [0.2, 0.25) is 12.3 Å². The van der Waals surface area contributed by atoms with Gasteiger partial charge in [-0.1, -0.05) is 12.5 Å². The molecule has 0 saturated carbocycles. The first kappa shape index (κ1) is 28.4. The quantitative estimate of drug-likeness (QED) is 0.287. The number of fused-ring (bicyclic) bond motifs is 1. The number of aromatic nitrogens is 2. The molecule has 3 heterocycles. The number of nitrogens with zero attached hydrogens (tertiary/aromatic N) is 4. The van der Waals surface area contributed by atoms with Gasteiger partial charge < -0.3 is 10.6 Å². The van der Waals surface area contributed by atoms with E-state index in [1.165, 1.54) is 18.1 Å². The molecule has 1 unspecified atom stereocenters. The van der Waals surface area contributed by atoms with Crippen LogP contribution in [0.1, 0.15) is 55.6 Å². The van der Waals surface area contributed by atoms with Crippen LogP contribution in [0.25, 0.3) is 10.9 Å².